The average molecular weight is 305 g/mol. The molecule has 22 heavy (non-hydrogen) atoms. The van der Waals surface area contributed by atoms with Crippen molar-refractivity contribution >= 4 is 11.7 Å². The highest BCUT2D eigenvalue weighted by molar-refractivity contribution is 5.74. The average Bonchev–Trinajstić information content (AvgIpc) is 2.55. The molecule has 5 nitrogen and oxygen atoms in total. The molecule has 1 unspecified atom stereocenters. The fraction of sp³-hybridized carbons (Fsp3) is 0.588. The monoisotopic (exact) mass is 305 g/mol. The van der Waals surface area contributed by atoms with Gasteiger partial charge in [-0.1, -0.05) is 13.3 Å². The lowest BCUT2D eigenvalue weighted by Gasteiger charge is -2.36. The van der Waals surface area contributed by atoms with Crippen LogP contribution in [-0.4, -0.2) is 50.3 Å². The van der Waals surface area contributed by atoms with Crippen LogP contribution in [0.5, 0.6) is 5.75 Å². The highest BCUT2D eigenvalue weighted by atomic mass is 16.5. The lowest BCUT2D eigenvalue weighted by molar-refractivity contribution is 0.190. The summed E-state index contributed by atoms with van der Waals surface area (Å²) in [5, 5.41) is 3.07. The minimum absolute atomic E-state index is 0.0651. The highest BCUT2D eigenvalue weighted by Gasteiger charge is 2.22. The number of nitrogens with zero attached hydrogens (tertiary/aromatic N) is 2. The van der Waals surface area contributed by atoms with E-state index in [0.717, 1.165) is 44.8 Å². The Bertz CT molecular complexity index is 467. The van der Waals surface area contributed by atoms with Gasteiger partial charge < -0.3 is 19.9 Å². The number of rotatable bonds is 5. The first-order chi connectivity index (χ1) is 10.6. The number of anilines is 1. The third kappa shape index (κ3) is 4.29. The third-order valence-electron chi connectivity index (χ3n) is 4.10. The molecular formula is C17H27N3O2. The Balaban J connectivity index is 1.83. The molecule has 1 aliphatic rings. The molecule has 122 valence electrons. The van der Waals surface area contributed by atoms with E-state index in [1.165, 1.54) is 5.69 Å². The van der Waals surface area contributed by atoms with E-state index in [4.69, 9.17) is 4.74 Å². The highest BCUT2D eigenvalue weighted by Crippen LogP contribution is 2.20. The number of carbonyl (C=O) groups excluding carboxylic acids is 1. The van der Waals surface area contributed by atoms with Crippen molar-refractivity contribution in [3.8, 4) is 5.75 Å². The first kappa shape index (κ1) is 16.5. The second-order valence-electron chi connectivity index (χ2n) is 5.81. The Morgan fingerprint density at radius 1 is 1.23 bits per heavy atom. The number of ether oxygens (including phenoxy) is 1. The lowest BCUT2D eigenvalue weighted by atomic mass is 10.2. The summed E-state index contributed by atoms with van der Waals surface area (Å²) in [6.45, 7) is 7.45. The van der Waals surface area contributed by atoms with Crippen LogP contribution in [0, 0.1) is 0 Å². The van der Waals surface area contributed by atoms with Gasteiger partial charge in [-0.25, -0.2) is 4.79 Å². The molecule has 0 radical (unpaired) electrons. The van der Waals surface area contributed by atoms with E-state index in [1.54, 1.807) is 7.11 Å². The summed E-state index contributed by atoms with van der Waals surface area (Å²) in [7, 11) is 1.67. The maximum absolute atomic E-state index is 12.2. The first-order valence-electron chi connectivity index (χ1n) is 8.08. The summed E-state index contributed by atoms with van der Waals surface area (Å²) >= 11 is 0. The molecule has 1 aliphatic heterocycles. The number of amides is 2. The van der Waals surface area contributed by atoms with Crippen LogP contribution in [0.1, 0.15) is 26.7 Å². The molecule has 0 saturated carbocycles. The van der Waals surface area contributed by atoms with Crippen molar-refractivity contribution in [2.45, 2.75) is 32.7 Å². The molecule has 1 saturated heterocycles. The third-order valence-corrected chi connectivity index (χ3v) is 4.10. The number of methoxy groups -OCH3 is 1. The summed E-state index contributed by atoms with van der Waals surface area (Å²) in [6, 6.07) is 8.39. The van der Waals surface area contributed by atoms with Gasteiger partial charge in [0.25, 0.3) is 0 Å². The molecule has 2 rings (SSSR count). The van der Waals surface area contributed by atoms with E-state index >= 15 is 0 Å². The SMILES string of the molecule is CCCC(C)NC(=O)N1CCN(c2ccc(OC)cc2)CC1. The molecule has 1 fully saturated rings. The number of carbonyl (C=O) groups is 1. The van der Waals surface area contributed by atoms with Gasteiger partial charge in [-0.05, 0) is 37.6 Å². The molecule has 0 spiro atoms. The molecule has 2 amide bonds. The van der Waals surface area contributed by atoms with Gasteiger partial charge in [-0.2, -0.15) is 0 Å². The Morgan fingerprint density at radius 2 is 1.86 bits per heavy atom. The molecule has 1 N–H and O–H groups in total. The summed E-state index contributed by atoms with van der Waals surface area (Å²) in [6.07, 6.45) is 2.12. The number of piperazine rings is 1. The zero-order chi connectivity index (χ0) is 15.9. The maximum atomic E-state index is 12.2. The molecule has 0 aliphatic carbocycles. The molecule has 1 aromatic rings. The smallest absolute Gasteiger partial charge is 0.317 e. The van der Waals surface area contributed by atoms with Crippen LogP contribution in [0.25, 0.3) is 0 Å². The molecule has 1 atom stereocenters. The van der Waals surface area contributed by atoms with Crippen molar-refractivity contribution in [2.75, 3.05) is 38.2 Å². The van der Waals surface area contributed by atoms with Gasteiger partial charge in [0.1, 0.15) is 5.75 Å². The van der Waals surface area contributed by atoms with Gasteiger partial charge in [0, 0.05) is 37.9 Å². The van der Waals surface area contributed by atoms with E-state index in [1.807, 2.05) is 17.0 Å². The number of nitrogens with one attached hydrogen (secondary N) is 1. The second kappa shape index (κ2) is 7.92. The zero-order valence-corrected chi connectivity index (χ0v) is 13.8. The number of urea groups is 1. The minimum Gasteiger partial charge on any atom is -0.497 e. The van der Waals surface area contributed by atoms with Gasteiger partial charge in [-0.3, -0.25) is 0 Å². The van der Waals surface area contributed by atoms with Gasteiger partial charge >= 0.3 is 6.03 Å². The Morgan fingerprint density at radius 3 is 2.41 bits per heavy atom. The summed E-state index contributed by atoms with van der Waals surface area (Å²) < 4.78 is 5.18. The maximum Gasteiger partial charge on any atom is 0.317 e. The Kier molecular flexibility index (Phi) is 5.92. The quantitative estimate of drug-likeness (QED) is 0.910. The predicted octanol–water partition coefficient (Wildman–Crippen LogP) is 2.72. The van der Waals surface area contributed by atoms with Crippen LogP contribution in [0.4, 0.5) is 10.5 Å². The predicted molar refractivity (Wildman–Crippen MR) is 89.7 cm³/mol. The van der Waals surface area contributed by atoms with Crippen molar-refractivity contribution in [1.29, 1.82) is 0 Å². The second-order valence-corrected chi connectivity index (χ2v) is 5.81. The largest absolute Gasteiger partial charge is 0.497 e. The van der Waals surface area contributed by atoms with E-state index < -0.39 is 0 Å². The van der Waals surface area contributed by atoms with Crippen molar-refractivity contribution < 1.29 is 9.53 Å². The van der Waals surface area contributed by atoms with Gasteiger partial charge in [0.2, 0.25) is 0 Å². The molecule has 0 aromatic heterocycles. The minimum atomic E-state index is 0.0651. The normalized spacial score (nSPS) is 16.3. The van der Waals surface area contributed by atoms with Crippen molar-refractivity contribution in [2.24, 2.45) is 0 Å². The molecule has 1 aromatic carbocycles. The number of hydrogen-bond acceptors (Lipinski definition) is 3. The van der Waals surface area contributed by atoms with Crippen LogP contribution in [0.2, 0.25) is 0 Å². The van der Waals surface area contributed by atoms with Crippen molar-refractivity contribution in [3.63, 3.8) is 0 Å². The van der Waals surface area contributed by atoms with Crippen LogP contribution in [0.15, 0.2) is 24.3 Å². The Hall–Kier alpha value is -1.91. The molecule has 1 heterocycles. The Labute approximate surface area is 133 Å². The number of hydrogen-bond donors (Lipinski definition) is 1. The van der Waals surface area contributed by atoms with Crippen LogP contribution in [0.3, 0.4) is 0 Å². The van der Waals surface area contributed by atoms with E-state index in [0.29, 0.717) is 0 Å². The molecule has 0 bridgehead atoms. The summed E-state index contributed by atoms with van der Waals surface area (Å²) in [5.74, 6) is 0.867. The van der Waals surface area contributed by atoms with Crippen LogP contribution < -0.4 is 15.0 Å². The standard InChI is InChI=1S/C17H27N3O2/c1-4-5-14(2)18-17(21)20-12-10-19(11-13-20)15-6-8-16(22-3)9-7-15/h6-9,14H,4-5,10-13H2,1-3H3,(H,18,21). The summed E-state index contributed by atoms with van der Waals surface area (Å²) in [5.41, 5.74) is 1.18. The van der Waals surface area contributed by atoms with E-state index in [-0.39, 0.29) is 12.1 Å². The fourth-order valence-corrected chi connectivity index (χ4v) is 2.77. The van der Waals surface area contributed by atoms with Crippen molar-refractivity contribution in [1.82, 2.24) is 10.2 Å². The van der Waals surface area contributed by atoms with Crippen LogP contribution in [-0.2, 0) is 0 Å². The van der Waals surface area contributed by atoms with E-state index in [9.17, 15) is 4.79 Å². The topological polar surface area (TPSA) is 44.8 Å². The molecule has 5 heteroatoms. The van der Waals surface area contributed by atoms with Crippen molar-refractivity contribution in [3.05, 3.63) is 24.3 Å². The number of benzene rings is 1. The van der Waals surface area contributed by atoms with E-state index in [2.05, 4.69) is 36.2 Å². The zero-order valence-electron chi connectivity index (χ0n) is 13.8. The van der Waals surface area contributed by atoms with Gasteiger partial charge in [-0.15, -0.1) is 0 Å². The first-order valence-corrected chi connectivity index (χ1v) is 8.08. The van der Waals surface area contributed by atoms with Gasteiger partial charge in [0.05, 0.1) is 7.11 Å². The molecular weight excluding hydrogens is 278 g/mol. The summed E-state index contributed by atoms with van der Waals surface area (Å²) in [4.78, 5) is 16.4. The van der Waals surface area contributed by atoms with Crippen LogP contribution >= 0.6 is 0 Å². The fourth-order valence-electron chi connectivity index (χ4n) is 2.77. The van der Waals surface area contributed by atoms with Gasteiger partial charge in [0.15, 0.2) is 0 Å². The lowest BCUT2D eigenvalue weighted by Crippen LogP contribution is -2.53.